The first-order chi connectivity index (χ1) is 13.8. The molecule has 0 aromatic heterocycles. The largest absolute Gasteiger partial charge is 0.469 e. The Bertz CT molecular complexity index is 699. The van der Waals surface area contributed by atoms with Crippen LogP contribution >= 0.6 is 0 Å². The number of hydrogen-bond acceptors (Lipinski definition) is 3. The summed E-state index contributed by atoms with van der Waals surface area (Å²) in [6, 6.07) is 5.49. The molecule has 0 radical (unpaired) electrons. The Kier molecular flexibility index (Phi) is 8.34. The van der Waals surface area contributed by atoms with Gasteiger partial charge in [-0.2, -0.15) is 13.2 Å². The summed E-state index contributed by atoms with van der Waals surface area (Å²) in [6.45, 7) is 6.57. The second-order valence-corrected chi connectivity index (χ2v) is 7.33. The number of ether oxygens (including phenoxy) is 1. The Labute approximate surface area is 170 Å². The van der Waals surface area contributed by atoms with Crippen molar-refractivity contribution in [1.29, 1.82) is 0 Å². The Morgan fingerprint density at radius 2 is 2.03 bits per heavy atom. The third-order valence-electron chi connectivity index (χ3n) is 5.27. The third kappa shape index (κ3) is 6.65. The lowest BCUT2D eigenvalue weighted by atomic mass is 9.96. The molecule has 2 rings (SSSR count). The van der Waals surface area contributed by atoms with Crippen LogP contribution in [0.15, 0.2) is 29.3 Å². The number of carbonyl (C=O) groups is 1. The van der Waals surface area contributed by atoms with Gasteiger partial charge in [0.15, 0.2) is 5.96 Å². The van der Waals surface area contributed by atoms with Crippen molar-refractivity contribution in [1.82, 2.24) is 10.2 Å². The fourth-order valence-electron chi connectivity index (χ4n) is 3.47. The van der Waals surface area contributed by atoms with Crippen molar-refractivity contribution in [3.05, 3.63) is 35.4 Å². The van der Waals surface area contributed by atoms with Gasteiger partial charge >= 0.3 is 12.1 Å². The molecule has 0 spiro atoms. The number of guanidine groups is 1. The highest BCUT2D eigenvalue weighted by atomic mass is 19.4. The number of halogens is 3. The van der Waals surface area contributed by atoms with Crippen molar-refractivity contribution in [2.75, 3.05) is 33.3 Å². The SMILES string of the molecule is CCNC(=NCCC(C)c1cccc(C(F)(F)F)c1)N1CCC(C(=O)OC)CC1. The number of esters is 1. The zero-order valence-corrected chi connectivity index (χ0v) is 17.3. The molecule has 1 fully saturated rings. The number of methoxy groups -OCH3 is 1. The molecule has 1 aliphatic heterocycles. The standard InChI is InChI=1S/C21H30F3N3O2/c1-4-25-20(27-12-9-16(10-13-27)19(28)29-3)26-11-8-15(2)17-6-5-7-18(14-17)21(22,23)24/h5-7,14-16H,4,8-13H2,1-3H3,(H,25,26). The van der Waals surface area contributed by atoms with E-state index in [1.54, 1.807) is 6.07 Å². The number of hydrogen-bond donors (Lipinski definition) is 1. The van der Waals surface area contributed by atoms with Crippen LogP contribution in [0.25, 0.3) is 0 Å². The smallest absolute Gasteiger partial charge is 0.416 e. The van der Waals surface area contributed by atoms with E-state index in [2.05, 4.69) is 15.2 Å². The average molecular weight is 413 g/mol. The molecule has 1 aromatic rings. The molecule has 29 heavy (non-hydrogen) atoms. The van der Waals surface area contributed by atoms with E-state index in [1.165, 1.54) is 19.2 Å². The number of nitrogens with zero attached hydrogens (tertiary/aromatic N) is 2. The van der Waals surface area contributed by atoms with Crippen molar-refractivity contribution in [3.63, 3.8) is 0 Å². The Balaban J connectivity index is 1.95. The number of carbonyl (C=O) groups excluding carboxylic acids is 1. The lowest BCUT2D eigenvalue weighted by Gasteiger charge is -2.33. The predicted octanol–water partition coefficient (Wildman–Crippen LogP) is 4.05. The maximum Gasteiger partial charge on any atom is 0.416 e. The molecule has 0 amide bonds. The molecule has 1 saturated heterocycles. The number of aliphatic imine (C=N–C) groups is 1. The van der Waals surface area contributed by atoms with Crippen LogP contribution in [-0.4, -0.2) is 50.1 Å². The monoisotopic (exact) mass is 413 g/mol. The van der Waals surface area contributed by atoms with E-state index in [4.69, 9.17) is 4.74 Å². The van der Waals surface area contributed by atoms with Gasteiger partial charge in [0.25, 0.3) is 0 Å². The first-order valence-electron chi connectivity index (χ1n) is 10.0. The summed E-state index contributed by atoms with van der Waals surface area (Å²) < 4.78 is 43.6. The quantitative estimate of drug-likeness (QED) is 0.434. The fourth-order valence-corrected chi connectivity index (χ4v) is 3.47. The highest BCUT2D eigenvalue weighted by molar-refractivity contribution is 5.80. The molecule has 1 atom stereocenters. The van der Waals surface area contributed by atoms with E-state index < -0.39 is 11.7 Å². The van der Waals surface area contributed by atoms with Crippen LogP contribution in [0, 0.1) is 5.92 Å². The van der Waals surface area contributed by atoms with Crippen molar-refractivity contribution in [2.45, 2.75) is 45.2 Å². The normalized spacial score (nSPS) is 17.2. The number of rotatable bonds is 6. The molecule has 0 aliphatic carbocycles. The van der Waals surface area contributed by atoms with E-state index in [0.29, 0.717) is 18.5 Å². The minimum atomic E-state index is -4.33. The highest BCUT2D eigenvalue weighted by Gasteiger charge is 2.30. The zero-order chi connectivity index (χ0) is 21.4. The molecule has 1 aromatic carbocycles. The molecule has 5 nitrogen and oxygen atoms in total. The van der Waals surface area contributed by atoms with Gasteiger partial charge in [-0.25, -0.2) is 0 Å². The number of alkyl halides is 3. The summed E-state index contributed by atoms with van der Waals surface area (Å²) in [5, 5.41) is 3.26. The summed E-state index contributed by atoms with van der Waals surface area (Å²) in [5.74, 6) is 0.516. The van der Waals surface area contributed by atoms with Crippen LogP contribution < -0.4 is 5.32 Å². The lowest BCUT2D eigenvalue weighted by molar-refractivity contribution is -0.146. The van der Waals surface area contributed by atoms with Crippen molar-refractivity contribution >= 4 is 11.9 Å². The van der Waals surface area contributed by atoms with Gasteiger partial charge in [-0.05, 0) is 43.7 Å². The minimum Gasteiger partial charge on any atom is -0.469 e. The summed E-state index contributed by atoms with van der Waals surface area (Å²) >= 11 is 0. The zero-order valence-electron chi connectivity index (χ0n) is 17.3. The first-order valence-corrected chi connectivity index (χ1v) is 10.0. The predicted molar refractivity (Wildman–Crippen MR) is 107 cm³/mol. The van der Waals surface area contributed by atoms with Gasteiger partial charge in [-0.1, -0.05) is 25.1 Å². The highest BCUT2D eigenvalue weighted by Crippen LogP contribution is 2.31. The van der Waals surface area contributed by atoms with Gasteiger partial charge in [0.1, 0.15) is 0 Å². The van der Waals surface area contributed by atoms with Crippen molar-refractivity contribution in [2.24, 2.45) is 10.9 Å². The van der Waals surface area contributed by atoms with E-state index >= 15 is 0 Å². The first kappa shape index (κ1) is 23.0. The van der Waals surface area contributed by atoms with Gasteiger partial charge in [-0.3, -0.25) is 9.79 Å². The van der Waals surface area contributed by atoms with Gasteiger partial charge in [0.05, 0.1) is 18.6 Å². The molecule has 8 heteroatoms. The van der Waals surface area contributed by atoms with Crippen molar-refractivity contribution in [3.8, 4) is 0 Å². The van der Waals surface area contributed by atoms with Crippen LogP contribution in [0.5, 0.6) is 0 Å². The maximum absolute atomic E-state index is 12.9. The van der Waals surface area contributed by atoms with Gasteiger partial charge in [0.2, 0.25) is 0 Å². The average Bonchev–Trinajstić information content (AvgIpc) is 2.72. The third-order valence-corrected chi connectivity index (χ3v) is 5.27. The summed E-state index contributed by atoms with van der Waals surface area (Å²) in [5.41, 5.74) is 0.0473. The molecule has 0 bridgehead atoms. The molecule has 1 N–H and O–H groups in total. The lowest BCUT2D eigenvalue weighted by Crippen LogP contribution is -2.46. The number of benzene rings is 1. The number of piperidine rings is 1. The van der Waals surface area contributed by atoms with E-state index in [9.17, 15) is 18.0 Å². The minimum absolute atomic E-state index is 0.0333. The Hall–Kier alpha value is -2.25. The van der Waals surface area contributed by atoms with Crippen LogP contribution in [0.1, 0.15) is 50.2 Å². The molecule has 1 heterocycles. The van der Waals surface area contributed by atoms with Crippen LogP contribution in [0.4, 0.5) is 13.2 Å². The number of nitrogens with one attached hydrogen (secondary N) is 1. The summed E-state index contributed by atoms with van der Waals surface area (Å²) in [4.78, 5) is 18.5. The Morgan fingerprint density at radius 3 is 2.62 bits per heavy atom. The van der Waals surface area contributed by atoms with Gasteiger partial charge in [0, 0.05) is 26.2 Å². The van der Waals surface area contributed by atoms with Gasteiger partial charge in [-0.15, -0.1) is 0 Å². The second-order valence-electron chi connectivity index (χ2n) is 7.33. The molecule has 0 saturated carbocycles. The maximum atomic E-state index is 12.9. The topological polar surface area (TPSA) is 53.9 Å². The molecule has 162 valence electrons. The van der Waals surface area contributed by atoms with E-state index in [1.807, 2.05) is 13.8 Å². The van der Waals surface area contributed by atoms with Crippen LogP contribution in [0.3, 0.4) is 0 Å². The molecule has 1 aliphatic rings. The Morgan fingerprint density at radius 1 is 1.34 bits per heavy atom. The van der Waals surface area contributed by atoms with Gasteiger partial charge < -0.3 is 15.0 Å². The van der Waals surface area contributed by atoms with Crippen molar-refractivity contribution < 1.29 is 22.7 Å². The molecular weight excluding hydrogens is 383 g/mol. The number of likely N-dealkylation sites (tertiary alicyclic amines) is 1. The van der Waals surface area contributed by atoms with E-state index in [-0.39, 0.29) is 17.8 Å². The molecular formula is C21H30F3N3O2. The molecule has 1 unspecified atom stereocenters. The fraction of sp³-hybridized carbons (Fsp3) is 0.619. The summed E-state index contributed by atoms with van der Waals surface area (Å²) in [7, 11) is 1.41. The van der Waals surface area contributed by atoms with Crippen LogP contribution in [-0.2, 0) is 15.7 Å². The second kappa shape index (κ2) is 10.5. The summed E-state index contributed by atoms with van der Waals surface area (Å²) in [6.07, 6.45) is -2.24. The van der Waals surface area contributed by atoms with Crippen LogP contribution in [0.2, 0.25) is 0 Å². The van der Waals surface area contributed by atoms with E-state index in [0.717, 1.165) is 44.5 Å².